The van der Waals surface area contributed by atoms with Gasteiger partial charge in [-0.3, -0.25) is 24.5 Å². The first-order valence-electron chi connectivity index (χ1n) is 53.2. The van der Waals surface area contributed by atoms with E-state index in [1.165, 1.54) is 182 Å². The van der Waals surface area contributed by atoms with E-state index in [0.717, 1.165) is 312 Å². The average molecular weight is 1920 g/mol. The molecule has 38 heteroatoms. The van der Waals surface area contributed by atoms with Crippen LogP contribution in [-0.2, 0) is 0 Å². The van der Waals surface area contributed by atoms with Gasteiger partial charge in [0.2, 0.25) is 0 Å². The molecule has 38 nitrogen and oxygen atoms in total. The summed E-state index contributed by atoms with van der Waals surface area (Å²) in [6.45, 7) is 58.9. The zero-order valence-corrected chi connectivity index (χ0v) is 85.3. The first-order chi connectivity index (χ1) is 65.5. The molecule has 5 aliphatic rings. The lowest BCUT2D eigenvalue weighted by atomic mass is 10.2. The highest BCUT2D eigenvalue weighted by Gasteiger charge is 2.19. The summed E-state index contributed by atoms with van der Waals surface area (Å²) in [5.74, 6) is 0. The summed E-state index contributed by atoms with van der Waals surface area (Å²) in [4.78, 5) is 24.4. The summed E-state index contributed by atoms with van der Waals surface area (Å²) in [6.07, 6.45) is 30.7. The molecule has 5 aliphatic heterocycles. The number of nitrogens with one attached hydrogen (secondary N) is 10. The Morgan fingerprint density at radius 3 is 0.586 bits per heavy atom. The number of β-amino-alcohol motifs (C(OH)–C–C–N with tert-alkyl or cyclic N) is 2. The standard InChI is InChI=1S/C16H35N3O2.C13H32N4O2.C13H30N4O.C13H29N3O2.C11H28N4O.C11H25N3O.C7H17NO2.C6H14N2O.C5H13NO/c20-15-6-2-5-10-19-13-11-18(12-14-19)9-4-1-3-7-17-8-16-21;14-4-9-17(11-7-16-8-13-19)10-6-15-5-2-1-3-12-18;14-4-8-17-11-9-16(10-12-17)7-3-1-2-5-15-6-13-18;17-12-5-14-4-2-1-3-6-15-7-9-16(10-8-15)11-13-18;12-4-8-15(9-5-13)10-7-14-6-2-1-3-11-16;15-11-7-12-4-2-1-3-8-14-9-5-13-6-10-14;9-6-3-1-2-4-8-5-7-10;9-6-5-8-3-1-7-2-4-8;6-4-2-1-3-5-7/h17,20-21H,1-16H2;15-16,18-19H,1-14H2;15,18H,1-14H2;14,17-18H,1-13H2;14,16H,1-13H2;12-13,15H,1-11H2;8-10H,1-7H2;7,9H,1-6H2;7H,1-6H2. The maximum absolute atomic E-state index is 8.87. The third-order valence-corrected chi connectivity index (χ3v) is 23.3. The van der Waals surface area contributed by atoms with Crippen LogP contribution in [0.3, 0.4) is 0 Å². The molecule has 0 radical (unpaired) electrons. The molecule has 5 heterocycles. The van der Waals surface area contributed by atoms with Gasteiger partial charge in [0, 0.05) is 308 Å². The van der Waals surface area contributed by atoms with Crippen molar-refractivity contribution in [3.8, 4) is 0 Å². The fourth-order valence-electron chi connectivity index (χ4n) is 15.2. The van der Waals surface area contributed by atoms with Crippen molar-refractivity contribution in [2.45, 2.75) is 173 Å². The number of hydrogen-bond donors (Lipinski definition) is 28. The van der Waals surface area contributed by atoms with Gasteiger partial charge in [-0.25, -0.2) is 0 Å². The van der Waals surface area contributed by atoms with Crippen molar-refractivity contribution >= 4 is 0 Å². The fraction of sp³-hybridized carbons (Fsp3) is 1.00. The molecule has 0 atom stereocenters. The Labute approximate surface area is 812 Å². The van der Waals surface area contributed by atoms with E-state index in [1.54, 1.807) is 0 Å². The second-order valence-electron chi connectivity index (χ2n) is 34.8. The minimum atomic E-state index is 0.187. The highest BCUT2D eigenvalue weighted by atomic mass is 16.3. The van der Waals surface area contributed by atoms with Crippen LogP contribution in [0.15, 0.2) is 0 Å². The summed E-state index contributed by atoms with van der Waals surface area (Å²) < 4.78 is 0. The van der Waals surface area contributed by atoms with Crippen molar-refractivity contribution in [3.63, 3.8) is 0 Å². The number of nitrogens with zero attached hydrogens (tertiary/aromatic N) is 10. The van der Waals surface area contributed by atoms with Gasteiger partial charge in [-0.05, 0) is 233 Å². The molecule has 0 unspecified atom stereocenters. The largest absolute Gasteiger partial charge is 0.396 e. The third-order valence-electron chi connectivity index (χ3n) is 23.3. The van der Waals surface area contributed by atoms with Crippen molar-refractivity contribution in [2.24, 2.45) is 28.7 Å². The molecule has 0 aromatic carbocycles. The molecule has 0 aliphatic carbocycles. The first kappa shape index (κ1) is 138. The zero-order chi connectivity index (χ0) is 98.0. The molecule has 33 N–H and O–H groups in total. The van der Waals surface area contributed by atoms with Gasteiger partial charge in [0.25, 0.3) is 0 Å². The quantitative estimate of drug-likeness (QED) is 0.0254. The molecule has 0 spiro atoms. The van der Waals surface area contributed by atoms with E-state index >= 15 is 0 Å². The predicted octanol–water partition coefficient (Wildman–Crippen LogP) is -4.91. The van der Waals surface area contributed by atoms with Crippen LogP contribution < -0.4 is 81.8 Å². The van der Waals surface area contributed by atoms with E-state index in [2.05, 4.69) is 102 Å². The van der Waals surface area contributed by atoms with Crippen molar-refractivity contribution in [1.82, 2.24) is 102 Å². The highest BCUT2D eigenvalue weighted by Crippen LogP contribution is 2.10. The molecule has 0 aromatic rings. The summed E-state index contributed by atoms with van der Waals surface area (Å²) in [5.41, 5.74) is 27.4. The molecule has 0 bridgehead atoms. The second kappa shape index (κ2) is 123. The number of aliphatic hydroxyl groups excluding tert-OH is 13. The lowest BCUT2D eigenvalue weighted by molar-refractivity contribution is 0.111. The Hall–Kier alpha value is -1.52. The van der Waals surface area contributed by atoms with Gasteiger partial charge in [-0.15, -0.1) is 0 Å². The Kier molecular flexibility index (Phi) is 127. The van der Waals surface area contributed by atoms with Crippen LogP contribution in [0.2, 0.25) is 0 Å². The Morgan fingerprint density at radius 2 is 0.361 bits per heavy atom. The van der Waals surface area contributed by atoms with Crippen LogP contribution in [0.1, 0.15) is 173 Å². The van der Waals surface area contributed by atoms with E-state index in [1.807, 2.05) is 0 Å². The minimum Gasteiger partial charge on any atom is -0.396 e. The van der Waals surface area contributed by atoms with Crippen LogP contribution >= 0.6 is 0 Å². The minimum absolute atomic E-state index is 0.187. The number of nitrogens with two attached hydrogens (primary N) is 5. The molecule has 0 saturated carbocycles. The highest BCUT2D eigenvalue weighted by molar-refractivity contribution is 4.76. The van der Waals surface area contributed by atoms with Crippen molar-refractivity contribution in [3.05, 3.63) is 0 Å². The topological polar surface area (TPSA) is 546 Å². The lowest BCUT2D eigenvalue weighted by Crippen LogP contribution is -2.47. The van der Waals surface area contributed by atoms with Crippen LogP contribution in [0.4, 0.5) is 0 Å². The average Bonchev–Trinajstić information content (AvgIpc) is 0.925. The number of aliphatic hydroxyl groups is 13. The van der Waals surface area contributed by atoms with Gasteiger partial charge in [0.15, 0.2) is 0 Å². The Bertz CT molecular complexity index is 1960. The smallest absolute Gasteiger partial charge is 0.0558 e. The summed E-state index contributed by atoms with van der Waals surface area (Å²) in [6, 6.07) is 0. The second-order valence-corrected chi connectivity index (χ2v) is 34.8. The number of unbranched alkanes of at least 4 members (excludes halogenated alkanes) is 18. The maximum Gasteiger partial charge on any atom is 0.0558 e. The molecular weight excluding hydrogens is 1700 g/mol. The molecule has 133 heavy (non-hydrogen) atoms. The Balaban J connectivity index is -0.000000714. The Morgan fingerprint density at radius 1 is 0.165 bits per heavy atom. The number of rotatable bonds is 81. The van der Waals surface area contributed by atoms with E-state index in [4.69, 9.17) is 95.1 Å². The van der Waals surface area contributed by atoms with Crippen molar-refractivity contribution < 1.29 is 66.4 Å². The molecular formula is C95H223N25O13. The predicted molar refractivity (Wildman–Crippen MR) is 555 cm³/mol. The van der Waals surface area contributed by atoms with Crippen LogP contribution in [-0.4, -0.2) is 561 Å². The maximum atomic E-state index is 8.87. The van der Waals surface area contributed by atoms with E-state index in [9.17, 15) is 0 Å². The van der Waals surface area contributed by atoms with Crippen molar-refractivity contribution in [1.29, 1.82) is 0 Å². The van der Waals surface area contributed by atoms with Crippen LogP contribution in [0.5, 0.6) is 0 Å². The van der Waals surface area contributed by atoms with Crippen LogP contribution in [0, 0.1) is 0 Å². The third kappa shape index (κ3) is 111. The van der Waals surface area contributed by atoms with Gasteiger partial charge in [0.05, 0.1) is 52.9 Å². The molecule has 5 fully saturated rings. The summed E-state index contributed by atoms with van der Waals surface area (Å²) >= 11 is 0. The molecule has 0 aromatic heterocycles. The summed E-state index contributed by atoms with van der Waals surface area (Å²) in [5, 5.41) is 144. The first-order valence-corrected chi connectivity index (χ1v) is 53.2. The van der Waals surface area contributed by atoms with Gasteiger partial charge in [0.1, 0.15) is 0 Å². The SMILES string of the molecule is NCCCCCO.NCCN(CCN)CCNCCCCCO.NCCN(CCNCCO)CCNCCCCCO.NCCN1CCN(CCCCCNCCO)CC1.OCCCCCN1CCN(CCCCCNCCO)CC1.OCCCCCNCCO.OCCN1CCNCC1.OCCNCCCCCN1CCN(CCO)CC1.OCCNCCCCCN1CCNCC1. The normalized spacial score (nSPS) is 15.5. The van der Waals surface area contributed by atoms with Gasteiger partial charge in [-0.2, -0.15) is 0 Å². The van der Waals surface area contributed by atoms with Gasteiger partial charge in [-0.1, -0.05) is 25.7 Å². The fourth-order valence-corrected chi connectivity index (χ4v) is 15.2. The van der Waals surface area contributed by atoms with E-state index < -0.39 is 0 Å². The molecule has 806 valence electrons. The molecule has 5 saturated heterocycles. The summed E-state index contributed by atoms with van der Waals surface area (Å²) in [7, 11) is 0. The molecule has 5 rings (SSSR count). The van der Waals surface area contributed by atoms with Crippen molar-refractivity contribution in [2.75, 3.05) is 446 Å². The monoisotopic (exact) mass is 1920 g/mol. The number of piperazine rings is 5. The van der Waals surface area contributed by atoms with E-state index in [-0.39, 0.29) is 46.2 Å². The van der Waals surface area contributed by atoms with E-state index in [0.29, 0.717) is 78.9 Å². The van der Waals surface area contributed by atoms with Gasteiger partial charge >= 0.3 is 0 Å². The zero-order valence-electron chi connectivity index (χ0n) is 85.3. The lowest BCUT2D eigenvalue weighted by Gasteiger charge is -2.34. The number of hydrogen-bond acceptors (Lipinski definition) is 38. The van der Waals surface area contributed by atoms with Crippen LogP contribution in [0.25, 0.3) is 0 Å². The van der Waals surface area contributed by atoms with Gasteiger partial charge < -0.3 is 173 Å². The molecule has 0 amide bonds.